The maximum Gasteiger partial charge on any atom is 0.272 e. The second-order valence-corrected chi connectivity index (χ2v) is 5.24. The Morgan fingerprint density at radius 2 is 2.15 bits per heavy atom. The van der Waals surface area contributed by atoms with E-state index in [4.69, 9.17) is 5.11 Å². The average molecular weight is 274 g/mol. The van der Waals surface area contributed by atoms with Gasteiger partial charge in [0.2, 0.25) is 0 Å². The molecule has 1 aromatic heterocycles. The lowest BCUT2D eigenvalue weighted by molar-refractivity contribution is 0.0614. The number of rotatable bonds is 4. The first-order chi connectivity index (χ1) is 9.42. The van der Waals surface area contributed by atoms with E-state index in [1.807, 2.05) is 13.8 Å². The minimum absolute atomic E-state index is 0.0495. The minimum atomic E-state index is -0.196. The molecule has 0 aliphatic rings. The van der Waals surface area contributed by atoms with Crippen LogP contribution in [0, 0.1) is 11.8 Å². The largest absolute Gasteiger partial charge is 0.395 e. The first-order valence-electron chi connectivity index (χ1n) is 6.76. The third-order valence-corrected chi connectivity index (χ3v) is 3.53. The molecule has 1 heterocycles. The molecule has 0 aromatic carbocycles. The van der Waals surface area contributed by atoms with Crippen molar-refractivity contribution in [2.45, 2.75) is 39.2 Å². The highest BCUT2D eigenvalue weighted by Crippen LogP contribution is 2.18. The first-order valence-corrected chi connectivity index (χ1v) is 6.76. The van der Waals surface area contributed by atoms with Gasteiger partial charge in [-0.05, 0) is 32.4 Å². The number of aliphatic hydroxyl groups excluding tert-OH is 1. The molecule has 20 heavy (non-hydrogen) atoms. The molecule has 0 aliphatic carbocycles. The fourth-order valence-electron chi connectivity index (χ4n) is 1.50. The zero-order valence-electron chi connectivity index (χ0n) is 12.6. The summed E-state index contributed by atoms with van der Waals surface area (Å²) in [6.45, 7) is 6.16. The summed E-state index contributed by atoms with van der Waals surface area (Å²) >= 11 is 0. The van der Waals surface area contributed by atoms with Crippen molar-refractivity contribution >= 4 is 5.91 Å². The molecule has 0 atom stereocenters. The predicted octanol–water partition coefficient (Wildman–Crippen LogP) is 2.08. The molecular weight excluding hydrogens is 252 g/mol. The molecule has 1 N–H and O–H groups in total. The highest BCUT2D eigenvalue weighted by Gasteiger charge is 2.26. The number of aromatic nitrogens is 1. The van der Waals surface area contributed by atoms with Gasteiger partial charge >= 0.3 is 0 Å². The Bertz CT molecular complexity index is 510. The van der Waals surface area contributed by atoms with Crippen LogP contribution in [0.1, 0.15) is 49.7 Å². The number of carbonyl (C=O) groups excluding carboxylic acids is 1. The molecule has 0 spiro atoms. The second kappa shape index (κ2) is 7.06. The van der Waals surface area contributed by atoms with Crippen LogP contribution in [0.5, 0.6) is 0 Å². The summed E-state index contributed by atoms with van der Waals surface area (Å²) in [5, 5.41) is 8.65. The van der Waals surface area contributed by atoms with Gasteiger partial charge in [-0.2, -0.15) is 0 Å². The first kappa shape index (κ1) is 16.2. The van der Waals surface area contributed by atoms with Crippen LogP contribution in [0.4, 0.5) is 0 Å². The van der Waals surface area contributed by atoms with Crippen molar-refractivity contribution in [3.05, 3.63) is 29.6 Å². The van der Waals surface area contributed by atoms with Crippen molar-refractivity contribution in [2.24, 2.45) is 0 Å². The van der Waals surface area contributed by atoms with Gasteiger partial charge in [0.05, 0.1) is 6.61 Å². The molecule has 0 radical (unpaired) electrons. The van der Waals surface area contributed by atoms with Crippen LogP contribution in [0.25, 0.3) is 0 Å². The summed E-state index contributed by atoms with van der Waals surface area (Å²) in [7, 11) is 1.79. The lowest BCUT2D eigenvalue weighted by Crippen LogP contribution is -2.44. The normalized spacial score (nSPS) is 10.7. The highest BCUT2D eigenvalue weighted by atomic mass is 16.2. The topological polar surface area (TPSA) is 53.4 Å². The lowest BCUT2D eigenvalue weighted by atomic mass is 9.99. The van der Waals surface area contributed by atoms with Crippen LogP contribution in [0.15, 0.2) is 18.3 Å². The molecule has 0 unspecified atom stereocenters. The predicted molar refractivity (Wildman–Crippen MR) is 79.3 cm³/mol. The quantitative estimate of drug-likeness (QED) is 0.855. The van der Waals surface area contributed by atoms with Crippen LogP contribution in [-0.4, -0.2) is 40.1 Å². The Labute approximate surface area is 120 Å². The average Bonchev–Trinajstić information content (AvgIpc) is 2.46. The SMILES string of the molecule is CCC(C)(C)N(C)C(=O)c1ccc(C#CCCO)cn1. The number of carbonyl (C=O) groups is 1. The van der Waals surface area contributed by atoms with Crippen molar-refractivity contribution in [1.29, 1.82) is 0 Å². The number of aliphatic hydroxyl groups is 1. The number of nitrogens with zero attached hydrogens (tertiary/aromatic N) is 2. The van der Waals surface area contributed by atoms with Gasteiger partial charge in [-0.15, -0.1) is 0 Å². The maximum absolute atomic E-state index is 12.3. The number of amides is 1. The van der Waals surface area contributed by atoms with Crippen molar-refractivity contribution in [1.82, 2.24) is 9.88 Å². The second-order valence-electron chi connectivity index (χ2n) is 5.24. The minimum Gasteiger partial charge on any atom is -0.395 e. The molecule has 0 saturated heterocycles. The van der Waals surface area contributed by atoms with Gasteiger partial charge in [0.15, 0.2) is 0 Å². The van der Waals surface area contributed by atoms with Gasteiger partial charge < -0.3 is 10.0 Å². The van der Waals surface area contributed by atoms with E-state index in [2.05, 4.69) is 23.7 Å². The molecular formula is C16H22N2O2. The zero-order chi connectivity index (χ0) is 15.2. The molecule has 1 aromatic rings. The number of hydrogen-bond acceptors (Lipinski definition) is 3. The van der Waals surface area contributed by atoms with Crippen molar-refractivity contribution in [3.8, 4) is 11.8 Å². The third kappa shape index (κ3) is 4.07. The Morgan fingerprint density at radius 3 is 2.65 bits per heavy atom. The summed E-state index contributed by atoms with van der Waals surface area (Å²) in [4.78, 5) is 18.2. The van der Waals surface area contributed by atoms with Crippen LogP contribution in [0.3, 0.4) is 0 Å². The number of pyridine rings is 1. The van der Waals surface area contributed by atoms with Crippen LogP contribution in [0.2, 0.25) is 0 Å². The molecule has 0 fully saturated rings. The highest BCUT2D eigenvalue weighted by molar-refractivity contribution is 5.92. The molecule has 0 aliphatic heterocycles. The smallest absolute Gasteiger partial charge is 0.272 e. The Morgan fingerprint density at radius 1 is 1.45 bits per heavy atom. The van der Waals surface area contributed by atoms with Crippen molar-refractivity contribution < 1.29 is 9.90 Å². The van der Waals surface area contributed by atoms with Gasteiger partial charge in [-0.3, -0.25) is 4.79 Å². The molecule has 0 bridgehead atoms. The molecule has 1 rings (SSSR count). The molecule has 0 saturated carbocycles. The Kier molecular flexibility index (Phi) is 5.72. The molecule has 4 nitrogen and oxygen atoms in total. The Hall–Kier alpha value is -1.86. The summed E-state index contributed by atoms with van der Waals surface area (Å²) in [6, 6.07) is 3.46. The van der Waals surface area contributed by atoms with Gasteiger partial charge in [-0.1, -0.05) is 18.8 Å². The third-order valence-electron chi connectivity index (χ3n) is 3.53. The van der Waals surface area contributed by atoms with Crippen molar-refractivity contribution in [2.75, 3.05) is 13.7 Å². The monoisotopic (exact) mass is 274 g/mol. The standard InChI is InChI=1S/C16H22N2O2/c1-5-16(2,3)18(4)15(20)14-10-9-13(12-17-14)8-6-7-11-19/h9-10,12,19H,5,7,11H2,1-4H3. The van der Waals surface area contributed by atoms with E-state index in [-0.39, 0.29) is 18.1 Å². The van der Waals surface area contributed by atoms with Gasteiger partial charge in [0, 0.05) is 30.8 Å². The van der Waals surface area contributed by atoms with Crippen LogP contribution < -0.4 is 0 Å². The van der Waals surface area contributed by atoms with Gasteiger partial charge in [-0.25, -0.2) is 4.98 Å². The van der Waals surface area contributed by atoms with Crippen LogP contribution in [-0.2, 0) is 0 Å². The molecule has 108 valence electrons. The maximum atomic E-state index is 12.3. The fraction of sp³-hybridized carbons (Fsp3) is 0.500. The van der Waals surface area contributed by atoms with Crippen molar-refractivity contribution in [3.63, 3.8) is 0 Å². The van der Waals surface area contributed by atoms with E-state index < -0.39 is 0 Å². The van der Waals surface area contributed by atoms with Gasteiger partial charge in [0.1, 0.15) is 5.69 Å². The summed E-state index contributed by atoms with van der Waals surface area (Å²) in [6.07, 6.45) is 2.90. The summed E-state index contributed by atoms with van der Waals surface area (Å²) < 4.78 is 0. The van der Waals surface area contributed by atoms with Gasteiger partial charge in [0.25, 0.3) is 5.91 Å². The van der Waals surface area contributed by atoms with E-state index in [1.165, 1.54) is 0 Å². The van der Waals surface area contributed by atoms with E-state index in [0.717, 1.165) is 12.0 Å². The fourth-order valence-corrected chi connectivity index (χ4v) is 1.50. The molecule has 1 amide bonds. The van der Waals surface area contributed by atoms with E-state index in [1.54, 1.807) is 30.3 Å². The number of hydrogen-bond donors (Lipinski definition) is 1. The summed E-state index contributed by atoms with van der Waals surface area (Å²) in [5.41, 5.74) is 0.965. The summed E-state index contributed by atoms with van der Waals surface area (Å²) in [5.74, 6) is 5.61. The Balaban J connectivity index is 2.84. The van der Waals surface area contributed by atoms with E-state index in [9.17, 15) is 4.79 Å². The molecule has 4 heteroatoms. The van der Waals surface area contributed by atoms with E-state index >= 15 is 0 Å². The van der Waals surface area contributed by atoms with Crippen LogP contribution >= 0.6 is 0 Å². The van der Waals surface area contributed by atoms with E-state index in [0.29, 0.717) is 12.1 Å². The zero-order valence-corrected chi connectivity index (χ0v) is 12.6. The lowest BCUT2D eigenvalue weighted by Gasteiger charge is -2.34.